The fourth-order valence-corrected chi connectivity index (χ4v) is 4.52. The van der Waals surface area contributed by atoms with Gasteiger partial charge < -0.3 is 9.80 Å². The molecule has 0 N–H and O–H groups in total. The normalized spacial score (nSPS) is 22.8. The van der Waals surface area contributed by atoms with Gasteiger partial charge in [0.1, 0.15) is 5.82 Å². The van der Waals surface area contributed by atoms with Crippen LogP contribution in [0.4, 0.5) is 5.82 Å². The van der Waals surface area contributed by atoms with Gasteiger partial charge in [-0.1, -0.05) is 6.07 Å². The molecule has 0 aromatic carbocycles. The Morgan fingerprint density at radius 2 is 1.93 bits per heavy atom. The Bertz CT molecular complexity index is 947. The van der Waals surface area contributed by atoms with Gasteiger partial charge in [-0.05, 0) is 37.1 Å². The van der Waals surface area contributed by atoms with Crippen molar-refractivity contribution in [2.75, 3.05) is 30.8 Å². The van der Waals surface area contributed by atoms with Crippen molar-refractivity contribution in [1.82, 2.24) is 14.9 Å². The molecular formula is C19H22N4O3S. The lowest BCUT2D eigenvalue weighted by Crippen LogP contribution is -2.37. The molecule has 1 amide bonds. The summed E-state index contributed by atoms with van der Waals surface area (Å²) < 4.78 is 23.2. The molecule has 27 heavy (non-hydrogen) atoms. The first-order chi connectivity index (χ1) is 12.9. The second kappa shape index (κ2) is 6.60. The van der Waals surface area contributed by atoms with E-state index >= 15 is 0 Å². The number of sulfone groups is 1. The Kier molecular flexibility index (Phi) is 4.38. The third-order valence-electron chi connectivity index (χ3n) is 5.51. The van der Waals surface area contributed by atoms with Crippen molar-refractivity contribution in [1.29, 1.82) is 0 Å². The molecule has 7 nitrogen and oxygen atoms in total. The molecule has 2 fully saturated rings. The first-order valence-electron chi connectivity index (χ1n) is 8.98. The highest BCUT2D eigenvalue weighted by Gasteiger charge is 2.50. The Labute approximate surface area is 159 Å². The third kappa shape index (κ3) is 3.41. The van der Waals surface area contributed by atoms with Crippen molar-refractivity contribution < 1.29 is 13.2 Å². The number of aromatic nitrogens is 2. The molecule has 2 saturated heterocycles. The van der Waals surface area contributed by atoms with Crippen LogP contribution in [0.15, 0.2) is 47.6 Å². The van der Waals surface area contributed by atoms with E-state index in [1.165, 1.54) is 12.5 Å². The van der Waals surface area contributed by atoms with E-state index in [1.54, 1.807) is 18.3 Å². The van der Waals surface area contributed by atoms with Gasteiger partial charge in [0, 0.05) is 38.3 Å². The summed E-state index contributed by atoms with van der Waals surface area (Å²) in [6, 6.07) is 9.04. The molecule has 2 aliphatic rings. The van der Waals surface area contributed by atoms with Crippen LogP contribution in [0.1, 0.15) is 18.5 Å². The van der Waals surface area contributed by atoms with E-state index in [0.717, 1.165) is 37.4 Å². The van der Waals surface area contributed by atoms with E-state index in [-0.39, 0.29) is 16.2 Å². The summed E-state index contributed by atoms with van der Waals surface area (Å²) in [7, 11) is -3.26. The number of pyridine rings is 2. The number of carbonyl (C=O) groups excluding carboxylic acids is 1. The minimum Gasteiger partial charge on any atom is -0.356 e. The largest absolute Gasteiger partial charge is 0.356 e. The van der Waals surface area contributed by atoms with Crippen LogP contribution < -0.4 is 4.90 Å². The molecule has 0 radical (unpaired) electrons. The summed E-state index contributed by atoms with van der Waals surface area (Å²) >= 11 is 0. The Morgan fingerprint density at radius 1 is 1.11 bits per heavy atom. The van der Waals surface area contributed by atoms with Crippen molar-refractivity contribution in [3.63, 3.8) is 0 Å². The second-order valence-electron chi connectivity index (χ2n) is 7.37. The molecule has 0 saturated carbocycles. The zero-order valence-corrected chi connectivity index (χ0v) is 16.0. The SMILES string of the molecule is CS(=O)(=O)c1ccc(N2CCC3(CCN(Cc4ccccn4)C3=O)C2)nc1. The molecule has 142 valence electrons. The summed E-state index contributed by atoms with van der Waals surface area (Å²) in [6.07, 6.45) is 5.92. The standard InChI is InChI=1S/C19H22N4O3S/c1-27(25,26)16-5-6-17(21-12-16)23-11-8-19(14-23)7-10-22(18(19)24)13-15-4-2-3-9-20-15/h2-6,9,12H,7-8,10-11,13-14H2,1H3. The van der Waals surface area contributed by atoms with Gasteiger partial charge in [-0.25, -0.2) is 13.4 Å². The predicted molar refractivity (Wildman–Crippen MR) is 101 cm³/mol. The van der Waals surface area contributed by atoms with Gasteiger partial charge in [-0.2, -0.15) is 0 Å². The van der Waals surface area contributed by atoms with E-state index in [2.05, 4.69) is 14.9 Å². The zero-order chi connectivity index (χ0) is 19.1. The molecule has 8 heteroatoms. The fourth-order valence-electron chi connectivity index (χ4n) is 3.96. The van der Waals surface area contributed by atoms with E-state index < -0.39 is 9.84 Å². The molecule has 2 aromatic rings. The van der Waals surface area contributed by atoms with Crippen LogP contribution in [0, 0.1) is 5.41 Å². The number of hydrogen-bond acceptors (Lipinski definition) is 6. The molecule has 1 unspecified atom stereocenters. The average Bonchev–Trinajstić information content (AvgIpc) is 3.22. The summed E-state index contributed by atoms with van der Waals surface area (Å²) in [4.78, 5) is 25.9. The highest BCUT2D eigenvalue weighted by atomic mass is 32.2. The van der Waals surface area contributed by atoms with Crippen molar-refractivity contribution in [2.45, 2.75) is 24.3 Å². The Balaban J connectivity index is 1.46. The molecule has 0 bridgehead atoms. The van der Waals surface area contributed by atoms with Crippen LogP contribution in [0.3, 0.4) is 0 Å². The quantitative estimate of drug-likeness (QED) is 0.792. The fraction of sp³-hybridized carbons (Fsp3) is 0.421. The number of hydrogen-bond donors (Lipinski definition) is 0. The van der Waals surface area contributed by atoms with Crippen molar-refractivity contribution in [3.05, 3.63) is 48.4 Å². The van der Waals surface area contributed by atoms with Gasteiger partial charge in [0.05, 0.1) is 22.5 Å². The lowest BCUT2D eigenvalue weighted by Gasteiger charge is -2.24. The van der Waals surface area contributed by atoms with Crippen LogP contribution in [0.2, 0.25) is 0 Å². The minimum absolute atomic E-state index is 0.184. The van der Waals surface area contributed by atoms with Crippen LogP contribution >= 0.6 is 0 Å². The van der Waals surface area contributed by atoms with Gasteiger partial charge in [0.2, 0.25) is 5.91 Å². The maximum atomic E-state index is 13.1. The molecule has 1 atom stereocenters. The number of likely N-dealkylation sites (tertiary alicyclic amines) is 1. The summed E-state index contributed by atoms with van der Waals surface area (Å²) in [5, 5.41) is 0. The number of nitrogens with zero attached hydrogens (tertiary/aromatic N) is 4. The van der Waals surface area contributed by atoms with E-state index in [0.29, 0.717) is 13.1 Å². The summed E-state index contributed by atoms with van der Waals surface area (Å²) in [6.45, 7) is 2.65. The topological polar surface area (TPSA) is 83.5 Å². The van der Waals surface area contributed by atoms with E-state index in [1.807, 2.05) is 23.1 Å². The first kappa shape index (κ1) is 17.9. The minimum atomic E-state index is -3.26. The van der Waals surface area contributed by atoms with Gasteiger partial charge in [-0.15, -0.1) is 0 Å². The van der Waals surface area contributed by atoms with Gasteiger partial charge in [0.25, 0.3) is 0 Å². The Morgan fingerprint density at radius 3 is 2.59 bits per heavy atom. The maximum absolute atomic E-state index is 13.1. The zero-order valence-electron chi connectivity index (χ0n) is 15.2. The Hall–Kier alpha value is -2.48. The first-order valence-corrected chi connectivity index (χ1v) is 10.9. The highest BCUT2D eigenvalue weighted by Crippen LogP contribution is 2.42. The molecule has 1 spiro atoms. The summed E-state index contributed by atoms with van der Waals surface area (Å²) in [5.74, 6) is 0.902. The molecule has 0 aliphatic carbocycles. The van der Waals surface area contributed by atoms with Crippen LogP contribution in [0.5, 0.6) is 0 Å². The number of rotatable bonds is 4. The number of amides is 1. The van der Waals surface area contributed by atoms with Gasteiger partial charge >= 0.3 is 0 Å². The lowest BCUT2D eigenvalue weighted by molar-refractivity contribution is -0.135. The molecule has 4 rings (SSSR count). The predicted octanol–water partition coefficient (Wildman–Crippen LogP) is 1.51. The lowest BCUT2D eigenvalue weighted by atomic mass is 9.85. The second-order valence-corrected chi connectivity index (χ2v) is 9.39. The maximum Gasteiger partial charge on any atom is 0.231 e. The van der Waals surface area contributed by atoms with Crippen LogP contribution in [0.25, 0.3) is 0 Å². The van der Waals surface area contributed by atoms with Gasteiger partial charge in [0.15, 0.2) is 9.84 Å². The summed E-state index contributed by atoms with van der Waals surface area (Å²) in [5.41, 5.74) is 0.530. The third-order valence-corrected chi connectivity index (χ3v) is 6.60. The van der Waals surface area contributed by atoms with E-state index in [9.17, 15) is 13.2 Å². The molecule has 4 heterocycles. The van der Waals surface area contributed by atoms with Crippen LogP contribution in [-0.2, 0) is 21.2 Å². The molecule has 2 aliphatic heterocycles. The van der Waals surface area contributed by atoms with Crippen LogP contribution in [-0.4, -0.2) is 55.1 Å². The van der Waals surface area contributed by atoms with Crippen molar-refractivity contribution in [3.8, 4) is 0 Å². The van der Waals surface area contributed by atoms with Crippen molar-refractivity contribution >= 4 is 21.6 Å². The number of carbonyl (C=O) groups is 1. The monoisotopic (exact) mass is 386 g/mol. The molecule has 2 aromatic heterocycles. The highest BCUT2D eigenvalue weighted by molar-refractivity contribution is 7.90. The average molecular weight is 386 g/mol. The van der Waals surface area contributed by atoms with Gasteiger partial charge in [-0.3, -0.25) is 9.78 Å². The number of anilines is 1. The van der Waals surface area contributed by atoms with E-state index in [4.69, 9.17) is 0 Å². The molecular weight excluding hydrogens is 364 g/mol. The smallest absolute Gasteiger partial charge is 0.231 e. The van der Waals surface area contributed by atoms with Crippen molar-refractivity contribution in [2.24, 2.45) is 5.41 Å².